The molecule has 0 N–H and O–H groups in total. The van der Waals surface area contributed by atoms with Gasteiger partial charge >= 0.3 is 0 Å². The van der Waals surface area contributed by atoms with Crippen LogP contribution in [0.15, 0.2) is 66.0 Å². The van der Waals surface area contributed by atoms with Crippen LogP contribution >= 0.6 is 11.3 Å². The standard InChI is InChI=1S/C27H28N4O4S/c1-19-17-28(13-14-30(19)27(33)21-8-5-9-22(16-21)31(34)35)25(32)18-29-12-10-24-23(11-15-36-24)26(29)20-6-3-2-4-7-20/h2-9,11,15-16,19,26H,10,12-14,17-18H2,1H3/t19-,26+/m1/s1. The molecule has 0 unspecified atom stereocenters. The van der Waals surface area contributed by atoms with Crippen LogP contribution in [-0.4, -0.2) is 70.2 Å². The van der Waals surface area contributed by atoms with E-state index < -0.39 is 4.92 Å². The Morgan fingerprint density at radius 3 is 2.61 bits per heavy atom. The molecule has 0 aliphatic carbocycles. The lowest BCUT2D eigenvalue weighted by atomic mass is 9.93. The van der Waals surface area contributed by atoms with Crippen molar-refractivity contribution in [3.63, 3.8) is 0 Å². The molecule has 1 saturated heterocycles. The normalized spacial score (nSPS) is 20.1. The van der Waals surface area contributed by atoms with E-state index in [1.165, 1.54) is 34.2 Å². The Bertz CT molecular complexity index is 1280. The molecule has 2 aromatic carbocycles. The molecule has 3 aromatic rings. The highest BCUT2D eigenvalue weighted by atomic mass is 32.1. The lowest BCUT2D eigenvalue weighted by Gasteiger charge is -2.42. The molecular formula is C27H28N4O4S. The van der Waals surface area contributed by atoms with Crippen molar-refractivity contribution in [3.8, 4) is 0 Å². The molecule has 5 rings (SSSR count). The first-order valence-electron chi connectivity index (χ1n) is 12.1. The second-order valence-electron chi connectivity index (χ2n) is 9.33. The molecule has 1 aromatic heterocycles. The van der Waals surface area contributed by atoms with Crippen LogP contribution in [0.25, 0.3) is 0 Å². The van der Waals surface area contributed by atoms with Crippen LogP contribution in [0.5, 0.6) is 0 Å². The van der Waals surface area contributed by atoms with E-state index in [1.54, 1.807) is 22.3 Å². The SMILES string of the molecule is C[C@@H]1CN(C(=O)CN2CCc3sccc3[C@@H]2c2ccccc2)CCN1C(=O)c1cccc([N+](=O)[O-])c1. The number of non-ortho nitro benzene ring substituents is 1. The highest BCUT2D eigenvalue weighted by molar-refractivity contribution is 7.10. The van der Waals surface area contributed by atoms with E-state index >= 15 is 0 Å². The van der Waals surface area contributed by atoms with Crippen molar-refractivity contribution >= 4 is 28.8 Å². The van der Waals surface area contributed by atoms with Gasteiger partial charge in [-0.05, 0) is 42.0 Å². The summed E-state index contributed by atoms with van der Waals surface area (Å²) >= 11 is 1.78. The van der Waals surface area contributed by atoms with E-state index in [4.69, 9.17) is 0 Å². The Balaban J connectivity index is 1.26. The molecule has 1 fully saturated rings. The fourth-order valence-corrected chi connectivity index (χ4v) is 6.15. The summed E-state index contributed by atoms with van der Waals surface area (Å²) in [6.07, 6.45) is 0.936. The third-order valence-corrected chi connectivity index (χ3v) is 8.06. The minimum absolute atomic E-state index is 0.0549. The van der Waals surface area contributed by atoms with Gasteiger partial charge in [-0.3, -0.25) is 24.6 Å². The maximum Gasteiger partial charge on any atom is 0.270 e. The van der Waals surface area contributed by atoms with Gasteiger partial charge < -0.3 is 9.80 Å². The maximum atomic E-state index is 13.4. The van der Waals surface area contributed by atoms with Crippen molar-refractivity contribution in [1.82, 2.24) is 14.7 Å². The molecule has 186 valence electrons. The quantitative estimate of drug-likeness (QED) is 0.388. The van der Waals surface area contributed by atoms with Gasteiger partial charge in [0.15, 0.2) is 0 Å². The lowest BCUT2D eigenvalue weighted by molar-refractivity contribution is -0.384. The molecule has 2 aliphatic rings. The van der Waals surface area contributed by atoms with E-state index in [-0.39, 0.29) is 29.6 Å². The number of hydrogen-bond donors (Lipinski definition) is 0. The first kappa shape index (κ1) is 24.1. The van der Waals surface area contributed by atoms with Crippen LogP contribution in [0.2, 0.25) is 0 Å². The number of fused-ring (bicyclic) bond motifs is 1. The van der Waals surface area contributed by atoms with Crippen LogP contribution in [-0.2, 0) is 11.2 Å². The topological polar surface area (TPSA) is 87.0 Å². The number of hydrogen-bond acceptors (Lipinski definition) is 6. The van der Waals surface area contributed by atoms with Gasteiger partial charge in [0.05, 0.1) is 17.5 Å². The number of rotatable bonds is 5. The van der Waals surface area contributed by atoms with E-state index in [9.17, 15) is 19.7 Å². The van der Waals surface area contributed by atoms with Crippen molar-refractivity contribution in [1.29, 1.82) is 0 Å². The minimum Gasteiger partial charge on any atom is -0.338 e. The van der Waals surface area contributed by atoms with Gasteiger partial charge in [-0.1, -0.05) is 36.4 Å². The molecule has 2 aliphatic heterocycles. The Morgan fingerprint density at radius 2 is 1.86 bits per heavy atom. The number of nitro benzene ring substituents is 1. The zero-order valence-corrected chi connectivity index (χ0v) is 20.9. The summed E-state index contributed by atoms with van der Waals surface area (Å²) in [6.45, 7) is 4.33. The number of thiophene rings is 1. The number of piperazine rings is 1. The molecule has 0 bridgehead atoms. The second-order valence-corrected chi connectivity index (χ2v) is 10.3. The summed E-state index contributed by atoms with van der Waals surface area (Å²) in [5.74, 6) is -0.188. The Hall–Kier alpha value is -3.56. The fourth-order valence-electron chi connectivity index (χ4n) is 5.24. The predicted octanol–water partition coefficient (Wildman–Crippen LogP) is 3.98. The maximum absolute atomic E-state index is 13.4. The molecule has 36 heavy (non-hydrogen) atoms. The van der Waals surface area contributed by atoms with Crippen molar-refractivity contribution in [2.45, 2.75) is 25.4 Å². The van der Waals surface area contributed by atoms with Crippen molar-refractivity contribution < 1.29 is 14.5 Å². The zero-order chi connectivity index (χ0) is 25.2. The van der Waals surface area contributed by atoms with Gasteiger partial charge in [0.1, 0.15) is 0 Å². The molecule has 2 amide bonds. The van der Waals surface area contributed by atoms with Crippen LogP contribution in [0.1, 0.15) is 39.3 Å². The van der Waals surface area contributed by atoms with Crippen LogP contribution in [0.3, 0.4) is 0 Å². The second kappa shape index (κ2) is 10.2. The lowest BCUT2D eigenvalue weighted by Crippen LogP contribution is -2.57. The Labute approximate surface area is 213 Å². The smallest absolute Gasteiger partial charge is 0.270 e. The average Bonchev–Trinajstić information content (AvgIpc) is 3.37. The Kier molecular flexibility index (Phi) is 6.84. The summed E-state index contributed by atoms with van der Waals surface area (Å²) in [5.41, 5.74) is 2.66. The monoisotopic (exact) mass is 504 g/mol. The summed E-state index contributed by atoms with van der Waals surface area (Å²) in [4.78, 5) is 44.3. The number of nitro groups is 1. The first-order valence-corrected chi connectivity index (χ1v) is 13.0. The van der Waals surface area contributed by atoms with E-state index in [1.807, 2.05) is 30.0 Å². The summed E-state index contributed by atoms with van der Waals surface area (Å²) in [5, 5.41) is 13.2. The van der Waals surface area contributed by atoms with Crippen LogP contribution in [0, 0.1) is 10.1 Å². The molecule has 3 heterocycles. The number of benzene rings is 2. The molecular weight excluding hydrogens is 476 g/mol. The summed E-state index contributed by atoms with van der Waals surface area (Å²) in [7, 11) is 0. The van der Waals surface area contributed by atoms with Gasteiger partial charge in [0.2, 0.25) is 5.91 Å². The third-order valence-electron chi connectivity index (χ3n) is 7.06. The Morgan fingerprint density at radius 1 is 1.06 bits per heavy atom. The van der Waals surface area contributed by atoms with Crippen LogP contribution < -0.4 is 0 Å². The molecule has 0 spiro atoms. The molecule has 8 nitrogen and oxygen atoms in total. The zero-order valence-electron chi connectivity index (χ0n) is 20.1. The molecule has 2 atom stereocenters. The highest BCUT2D eigenvalue weighted by Crippen LogP contribution is 2.37. The summed E-state index contributed by atoms with van der Waals surface area (Å²) < 4.78 is 0. The van der Waals surface area contributed by atoms with E-state index in [2.05, 4.69) is 28.5 Å². The first-order chi connectivity index (χ1) is 17.4. The number of carbonyl (C=O) groups excluding carboxylic acids is 2. The van der Waals surface area contributed by atoms with Crippen molar-refractivity contribution in [2.75, 3.05) is 32.7 Å². The van der Waals surface area contributed by atoms with Crippen molar-refractivity contribution in [2.24, 2.45) is 0 Å². The highest BCUT2D eigenvalue weighted by Gasteiger charge is 2.34. The van der Waals surface area contributed by atoms with Crippen LogP contribution in [0.4, 0.5) is 5.69 Å². The van der Waals surface area contributed by atoms with Gasteiger partial charge in [0.25, 0.3) is 11.6 Å². The molecule has 9 heteroatoms. The van der Waals surface area contributed by atoms with Gasteiger partial charge in [-0.25, -0.2) is 0 Å². The number of amides is 2. The van der Waals surface area contributed by atoms with E-state index in [0.29, 0.717) is 31.7 Å². The third kappa shape index (κ3) is 4.76. The van der Waals surface area contributed by atoms with Gasteiger partial charge in [0, 0.05) is 54.8 Å². The van der Waals surface area contributed by atoms with Crippen molar-refractivity contribution in [3.05, 3.63) is 97.7 Å². The summed E-state index contributed by atoms with van der Waals surface area (Å²) in [6, 6.07) is 18.2. The number of nitrogens with zero attached hydrogens (tertiary/aromatic N) is 4. The molecule has 0 saturated carbocycles. The predicted molar refractivity (Wildman–Crippen MR) is 138 cm³/mol. The van der Waals surface area contributed by atoms with Gasteiger partial charge in [-0.2, -0.15) is 0 Å². The van der Waals surface area contributed by atoms with E-state index in [0.717, 1.165) is 13.0 Å². The molecule has 0 radical (unpaired) electrons. The number of carbonyl (C=O) groups is 2. The fraction of sp³-hybridized carbons (Fsp3) is 0.333. The minimum atomic E-state index is -0.501. The van der Waals surface area contributed by atoms with Gasteiger partial charge in [-0.15, -0.1) is 11.3 Å². The largest absolute Gasteiger partial charge is 0.338 e. The average molecular weight is 505 g/mol.